The summed E-state index contributed by atoms with van der Waals surface area (Å²) < 4.78 is 17.7. The topological polar surface area (TPSA) is 155 Å². The first kappa shape index (κ1) is 34.4. The number of nitrogens with one attached hydrogen (secondary N) is 2. The van der Waals surface area contributed by atoms with E-state index in [1.54, 1.807) is 24.4 Å². The summed E-state index contributed by atoms with van der Waals surface area (Å²) in [4.78, 5) is 35.9. The van der Waals surface area contributed by atoms with Crippen LogP contribution in [0.15, 0.2) is 79.0 Å². The van der Waals surface area contributed by atoms with Crippen molar-refractivity contribution >= 4 is 17.5 Å². The molecule has 3 atom stereocenters. The fourth-order valence-electron chi connectivity index (χ4n) is 6.42. The molecular weight excluding hydrogens is 650 g/mol. The summed E-state index contributed by atoms with van der Waals surface area (Å²) in [5.41, 5.74) is 4.18. The number of aliphatic hydroxyl groups is 2. The first-order valence-electron chi connectivity index (χ1n) is 17.5. The quantitative estimate of drug-likeness (QED) is 0.106. The van der Waals surface area contributed by atoms with Crippen molar-refractivity contribution in [3.05, 3.63) is 107 Å². The lowest BCUT2D eigenvalue weighted by molar-refractivity contribution is -0.0413. The molecule has 7 rings (SSSR count). The lowest BCUT2D eigenvalue weighted by Crippen LogP contribution is -2.58. The fourth-order valence-corrected chi connectivity index (χ4v) is 6.42. The molecule has 2 fully saturated rings. The normalized spacial score (nSPS) is 20.2. The maximum Gasteiger partial charge on any atom is 0.316 e. The number of anilines is 1. The molecule has 266 valence electrons. The summed E-state index contributed by atoms with van der Waals surface area (Å²) >= 11 is 0. The molecule has 4 aromatic rings. The third kappa shape index (κ3) is 7.83. The zero-order chi connectivity index (χ0) is 35.5. The van der Waals surface area contributed by atoms with E-state index in [0.29, 0.717) is 56.2 Å². The second kappa shape index (κ2) is 14.7. The van der Waals surface area contributed by atoms with Gasteiger partial charge < -0.3 is 29.7 Å². The molecule has 12 nitrogen and oxygen atoms in total. The van der Waals surface area contributed by atoms with E-state index >= 15 is 0 Å². The van der Waals surface area contributed by atoms with Crippen molar-refractivity contribution in [3.63, 3.8) is 0 Å². The van der Waals surface area contributed by atoms with Crippen molar-refractivity contribution in [1.29, 1.82) is 0 Å². The van der Waals surface area contributed by atoms with E-state index in [2.05, 4.69) is 58.7 Å². The van der Waals surface area contributed by atoms with E-state index in [-0.39, 0.29) is 11.5 Å². The molecule has 51 heavy (non-hydrogen) atoms. The lowest BCUT2D eigenvalue weighted by atomic mass is 9.78. The Morgan fingerprint density at radius 2 is 1.55 bits per heavy atom. The van der Waals surface area contributed by atoms with Crippen LogP contribution >= 0.6 is 0 Å². The number of amides is 2. The summed E-state index contributed by atoms with van der Waals surface area (Å²) in [5.74, 6) is 0.670. The number of carbonyl (C=O) groups excluding carboxylic acids is 2. The molecule has 1 saturated carbocycles. The molecule has 12 heteroatoms. The van der Waals surface area contributed by atoms with Crippen molar-refractivity contribution in [3.8, 4) is 17.5 Å². The number of hydrogen-bond donors (Lipinski definition) is 4. The van der Waals surface area contributed by atoms with Gasteiger partial charge in [-0.3, -0.25) is 19.8 Å². The van der Waals surface area contributed by atoms with Gasteiger partial charge in [0.1, 0.15) is 36.7 Å². The third-order valence-corrected chi connectivity index (χ3v) is 9.66. The van der Waals surface area contributed by atoms with Crippen LogP contribution < -0.4 is 24.8 Å². The lowest BCUT2D eigenvalue weighted by Gasteiger charge is -2.36. The number of aliphatic hydroxyl groups excluding tert-OH is 2. The van der Waals surface area contributed by atoms with Crippen molar-refractivity contribution < 1.29 is 34.0 Å². The highest BCUT2D eigenvalue weighted by molar-refractivity contribution is 6.22. The van der Waals surface area contributed by atoms with E-state index in [9.17, 15) is 19.8 Å². The first-order chi connectivity index (χ1) is 24.7. The highest BCUT2D eigenvalue weighted by Crippen LogP contribution is 2.34. The Morgan fingerprint density at radius 3 is 2.24 bits per heavy atom. The number of ether oxygens (including phenoxy) is 3. The Morgan fingerprint density at radius 1 is 0.863 bits per heavy atom. The van der Waals surface area contributed by atoms with E-state index in [1.165, 1.54) is 0 Å². The molecule has 0 spiro atoms. The monoisotopic (exact) mass is 693 g/mol. The van der Waals surface area contributed by atoms with Crippen molar-refractivity contribution in [2.24, 2.45) is 0 Å². The smallest absolute Gasteiger partial charge is 0.316 e. The largest absolute Gasteiger partial charge is 0.494 e. The number of hydrogen-bond acceptors (Lipinski definition) is 11. The Kier molecular flexibility index (Phi) is 9.90. The summed E-state index contributed by atoms with van der Waals surface area (Å²) in [5, 5.41) is 26.0. The SMILES string of the molecule is CC(C)(c1ccc(OCCCNc2ccc3c(c2)C(=O)N(C2CCC(O)NC2O)C3=O)cc1)c1ccc(OCc2ccnc(OC3CC3)n2)cc1. The van der Waals surface area contributed by atoms with Crippen LogP contribution in [0.25, 0.3) is 0 Å². The van der Waals surface area contributed by atoms with Crippen LogP contribution in [0.3, 0.4) is 0 Å². The van der Waals surface area contributed by atoms with Gasteiger partial charge in [-0.1, -0.05) is 38.1 Å². The molecule has 1 saturated heterocycles. The van der Waals surface area contributed by atoms with Gasteiger partial charge in [0.15, 0.2) is 0 Å². The van der Waals surface area contributed by atoms with Crippen LogP contribution in [0.5, 0.6) is 17.5 Å². The number of fused-ring (bicyclic) bond motifs is 1. The molecule has 0 bridgehead atoms. The summed E-state index contributed by atoms with van der Waals surface area (Å²) in [6.45, 7) is 5.81. The number of aromatic nitrogens is 2. The van der Waals surface area contributed by atoms with Crippen molar-refractivity contribution in [2.75, 3.05) is 18.5 Å². The zero-order valence-electron chi connectivity index (χ0n) is 28.7. The average Bonchev–Trinajstić information content (AvgIpc) is 3.92. The predicted octanol–water partition coefficient (Wildman–Crippen LogP) is 4.79. The highest BCUT2D eigenvalue weighted by atomic mass is 16.5. The standard InChI is InChI=1S/C39H43N5O7/c1-39(2,25-6-11-29(12-7-25)50-23-27-18-20-41-38(42-27)51-30-13-14-30)24-4-9-28(10-5-24)49-21-3-19-40-26-8-15-31-32(22-26)37(48)44(36(31)47)33-16-17-34(45)43-35(33)46/h4-12,15,18,20,22,30,33-35,40,43,45-46H,3,13-14,16-17,19,21,23H2,1-2H3. The number of nitrogens with zero attached hydrogens (tertiary/aromatic N) is 3. The molecule has 1 aliphatic carbocycles. The van der Waals surface area contributed by atoms with Gasteiger partial charge in [0.2, 0.25) is 0 Å². The molecule has 4 N–H and O–H groups in total. The number of carbonyl (C=O) groups is 2. The van der Waals surface area contributed by atoms with Gasteiger partial charge in [-0.15, -0.1) is 0 Å². The van der Waals surface area contributed by atoms with Crippen LogP contribution in [0, 0.1) is 0 Å². The fraction of sp³-hybridized carbons (Fsp3) is 0.385. The Labute approximate surface area is 296 Å². The number of piperidine rings is 1. The van der Waals surface area contributed by atoms with Crippen LogP contribution in [0.1, 0.15) is 83.5 Å². The molecule has 2 amide bonds. The summed E-state index contributed by atoms with van der Waals surface area (Å²) in [7, 11) is 0. The first-order valence-corrected chi connectivity index (χ1v) is 17.5. The molecule has 3 heterocycles. The summed E-state index contributed by atoms with van der Waals surface area (Å²) in [6, 6.07) is 22.9. The van der Waals surface area contributed by atoms with Gasteiger partial charge in [0, 0.05) is 23.8 Å². The number of rotatable bonds is 14. The minimum atomic E-state index is -1.18. The molecule has 2 aliphatic heterocycles. The Balaban J connectivity index is 0.861. The second-order valence-electron chi connectivity index (χ2n) is 13.8. The summed E-state index contributed by atoms with van der Waals surface area (Å²) in [6.07, 6.45) is 3.38. The molecule has 3 unspecified atom stereocenters. The maximum absolute atomic E-state index is 13.1. The van der Waals surface area contributed by atoms with Gasteiger partial charge in [-0.2, -0.15) is 4.98 Å². The highest BCUT2D eigenvalue weighted by Gasteiger charge is 2.44. The van der Waals surface area contributed by atoms with E-state index in [1.807, 2.05) is 30.3 Å². The molecule has 3 aliphatic rings. The van der Waals surface area contributed by atoms with Crippen LogP contribution in [-0.2, 0) is 12.0 Å². The van der Waals surface area contributed by atoms with E-state index in [4.69, 9.17) is 14.2 Å². The zero-order valence-corrected chi connectivity index (χ0v) is 28.7. The number of imide groups is 1. The second-order valence-corrected chi connectivity index (χ2v) is 13.8. The molecule has 3 aromatic carbocycles. The minimum absolute atomic E-state index is 0.239. The maximum atomic E-state index is 13.1. The third-order valence-electron chi connectivity index (χ3n) is 9.66. The molecular formula is C39H43N5O7. The van der Waals surface area contributed by atoms with Crippen molar-refractivity contribution in [1.82, 2.24) is 20.2 Å². The van der Waals surface area contributed by atoms with Gasteiger partial charge in [-0.25, -0.2) is 4.98 Å². The predicted molar refractivity (Wildman–Crippen MR) is 189 cm³/mol. The van der Waals surface area contributed by atoms with Gasteiger partial charge in [-0.05, 0) is 91.8 Å². The average molecular weight is 694 g/mol. The van der Waals surface area contributed by atoms with Crippen LogP contribution in [-0.4, -0.2) is 74.6 Å². The van der Waals surface area contributed by atoms with Gasteiger partial charge in [0.25, 0.3) is 11.8 Å². The van der Waals surface area contributed by atoms with E-state index < -0.39 is 30.3 Å². The van der Waals surface area contributed by atoms with Gasteiger partial charge in [0.05, 0.1) is 29.5 Å². The molecule has 0 radical (unpaired) electrons. The Bertz CT molecular complexity index is 1860. The van der Waals surface area contributed by atoms with Crippen molar-refractivity contribution in [2.45, 2.75) is 82.6 Å². The molecule has 1 aromatic heterocycles. The number of benzene rings is 3. The van der Waals surface area contributed by atoms with Crippen LogP contribution in [0.4, 0.5) is 5.69 Å². The van der Waals surface area contributed by atoms with Gasteiger partial charge >= 0.3 is 6.01 Å². The Hall–Kier alpha value is -5.04. The van der Waals surface area contributed by atoms with Crippen LogP contribution in [0.2, 0.25) is 0 Å². The minimum Gasteiger partial charge on any atom is -0.494 e. The van der Waals surface area contributed by atoms with E-state index in [0.717, 1.165) is 51.7 Å².